The van der Waals surface area contributed by atoms with Crippen molar-refractivity contribution in [2.24, 2.45) is 5.73 Å². The Labute approximate surface area is 205 Å². The Hall–Kier alpha value is -3.65. The lowest BCUT2D eigenvalue weighted by Crippen LogP contribution is -2.58. The number of aromatic amines is 1. The van der Waals surface area contributed by atoms with Crippen LogP contribution in [0.25, 0.3) is 10.9 Å². The molecule has 8 heteroatoms. The lowest BCUT2D eigenvalue weighted by Gasteiger charge is -2.31. The Bertz CT molecular complexity index is 1170. The normalized spacial score (nSPS) is 13.2. The van der Waals surface area contributed by atoms with E-state index in [0.717, 1.165) is 22.0 Å². The van der Waals surface area contributed by atoms with Crippen LogP contribution in [0.1, 0.15) is 31.9 Å². The van der Waals surface area contributed by atoms with Gasteiger partial charge in [0, 0.05) is 37.0 Å². The molecule has 0 radical (unpaired) electrons. The van der Waals surface area contributed by atoms with Gasteiger partial charge in [0.15, 0.2) is 0 Å². The van der Waals surface area contributed by atoms with Gasteiger partial charge in [-0.25, -0.2) is 4.79 Å². The van der Waals surface area contributed by atoms with Crippen molar-refractivity contribution in [3.05, 3.63) is 71.9 Å². The molecule has 0 aliphatic rings. The Morgan fingerprint density at radius 2 is 1.71 bits per heavy atom. The van der Waals surface area contributed by atoms with Crippen molar-refractivity contribution in [2.45, 2.75) is 51.2 Å². The van der Waals surface area contributed by atoms with Gasteiger partial charge in [0.25, 0.3) is 0 Å². The van der Waals surface area contributed by atoms with Crippen molar-refractivity contribution in [2.75, 3.05) is 13.7 Å². The second kappa shape index (κ2) is 11.2. The molecule has 0 saturated carbocycles. The second-order valence-electron chi connectivity index (χ2n) is 9.22. The van der Waals surface area contributed by atoms with Gasteiger partial charge in [-0.05, 0) is 38.0 Å². The lowest BCUT2D eigenvalue weighted by molar-refractivity contribution is -0.154. The number of benzene rings is 2. The number of aromatic nitrogens is 1. The number of nitrogens with two attached hydrogens (primary N) is 1. The van der Waals surface area contributed by atoms with Crippen LogP contribution < -0.4 is 11.1 Å². The maximum atomic E-state index is 13.8. The van der Waals surface area contributed by atoms with E-state index >= 15 is 0 Å². The summed E-state index contributed by atoms with van der Waals surface area (Å²) in [4.78, 5) is 44.0. The van der Waals surface area contributed by atoms with Crippen LogP contribution in [0.2, 0.25) is 0 Å². The van der Waals surface area contributed by atoms with Crippen LogP contribution in [0.15, 0.2) is 60.8 Å². The molecule has 4 N–H and O–H groups in total. The summed E-state index contributed by atoms with van der Waals surface area (Å²) in [7, 11) is 1.56. The molecule has 3 aromatic rings. The molecule has 0 fully saturated rings. The van der Waals surface area contributed by atoms with Crippen LogP contribution in [0.5, 0.6) is 0 Å². The van der Waals surface area contributed by atoms with E-state index in [2.05, 4.69) is 10.3 Å². The van der Waals surface area contributed by atoms with Crippen molar-refractivity contribution in [3.8, 4) is 0 Å². The van der Waals surface area contributed by atoms with Crippen molar-refractivity contribution >= 4 is 28.7 Å². The molecule has 0 bridgehead atoms. The number of para-hydroxylation sites is 1. The quantitative estimate of drug-likeness (QED) is 0.387. The second-order valence-corrected chi connectivity index (χ2v) is 9.22. The number of ether oxygens (including phenoxy) is 1. The maximum absolute atomic E-state index is 13.8. The number of rotatable bonds is 10. The smallest absolute Gasteiger partial charge is 0.329 e. The van der Waals surface area contributed by atoms with E-state index in [1.807, 2.05) is 60.8 Å². The molecule has 35 heavy (non-hydrogen) atoms. The average molecular weight is 479 g/mol. The molecule has 2 aromatic carbocycles. The summed E-state index contributed by atoms with van der Waals surface area (Å²) >= 11 is 0. The number of likely N-dealkylation sites (N-methyl/N-ethyl adjacent to an activating group) is 1. The summed E-state index contributed by atoms with van der Waals surface area (Å²) in [5, 5.41) is 3.77. The minimum absolute atomic E-state index is 0.197. The zero-order valence-corrected chi connectivity index (χ0v) is 20.7. The molecule has 0 aliphatic heterocycles. The lowest BCUT2D eigenvalue weighted by atomic mass is 9.99. The Balaban J connectivity index is 1.92. The molecule has 0 unspecified atom stereocenters. The number of amides is 2. The van der Waals surface area contributed by atoms with Gasteiger partial charge in [0.05, 0.1) is 12.1 Å². The fourth-order valence-corrected chi connectivity index (χ4v) is 3.92. The molecule has 186 valence electrons. The predicted molar refractivity (Wildman–Crippen MR) is 136 cm³/mol. The van der Waals surface area contributed by atoms with Gasteiger partial charge in [0.1, 0.15) is 12.1 Å². The third kappa shape index (κ3) is 6.48. The van der Waals surface area contributed by atoms with Crippen LogP contribution in [-0.2, 0) is 32.0 Å². The number of nitrogens with one attached hydrogen (secondary N) is 2. The minimum Gasteiger partial charge on any atom is -0.464 e. The Morgan fingerprint density at radius 1 is 1.06 bits per heavy atom. The summed E-state index contributed by atoms with van der Waals surface area (Å²) in [6.07, 6.45) is 2.35. The number of nitrogens with zero attached hydrogens (tertiary/aromatic N) is 1. The fraction of sp³-hybridized carbons (Fsp3) is 0.370. The zero-order valence-electron chi connectivity index (χ0n) is 20.7. The van der Waals surface area contributed by atoms with E-state index in [1.165, 1.54) is 4.90 Å². The van der Waals surface area contributed by atoms with E-state index in [4.69, 9.17) is 10.5 Å². The number of esters is 1. The van der Waals surface area contributed by atoms with Gasteiger partial charge in [-0.15, -0.1) is 0 Å². The van der Waals surface area contributed by atoms with Crippen LogP contribution in [0.4, 0.5) is 0 Å². The van der Waals surface area contributed by atoms with Crippen LogP contribution in [-0.4, -0.2) is 58.9 Å². The molecule has 8 nitrogen and oxygen atoms in total. The first-order valence-corrected chi connectivity index (χ1v) is 11.7. The standard InChI is InChI=1S/C27H34N4O4/c1-5-35-25(33)23(15-18-11-7-6-8-12-18)31(4)24(32)22(30-26(34)27(2,3)28)16-19-17-29-21-14-10-9-13-20(19)21/h6-14,17,22-23,29H,5,15-16,28H2,1-4H3,(H,30,34)/t22-,23+/m1/s1. The topological polar surface area (TPSA) is 118 Å². The van der Waals surface area contributed by atoms with E-state index in [9.17, 15) is 14.4 Å². The molecular weight excluding hydrogens is 444 g/mol. The van der Waals surface area contributed by atoms with Gasteiger partial charge >= 0.3 is 5.97 Å². The summed E-state index contributed by atoms with van der Waals surface area (Å²) in [5.41, 5.74) is 7.52. The number of carbonyl (C=O) groups is 3. The largest absolute Gasteiger partial charge is 0.464 e. The molecule has 2 atom stereocenters. The minimum atomic E-state index is -1.18. The molecule has 1 aromatic heterocycles. The first kappa shape index (κ1) is 26.0. The van der Waals surface area contributed by atoms with Crippen molar-refractivity contribution in [3.63, 3.8) is 0 Å². The van der Waals surface area contributed by atoms with Gasteiger partial charge in [-0.1, -0.05) is 48.5 Å². The molecular formula is C27H34N4O4. The number of fused-ring (bicyclic) bond motifs is 1. The number of carbonyl (C=O) groups excluding carboxylic acids is 3. The fourth-order valence-electron chi connectivity index (χ4n) is 3.92. The first-order chi connectivity index (χ1) is 16.6. The zero-order chi connectivity index (χ0) is 25.6. The average Bonchev–Trinajstić information content (AvgIpc) is 3.24. The van der Waals surface area contributed by atoms with Crippen molar-refractivity contribution in [1.29, 1.82) is 0 Å². The number of hydrogen-bond acceptors (Lipinski definition) is 5. The van der Waals surface area contributed by atoms with E-state index < -0.39 is 35.4 Å². The van der Waals surface area contributed by atoms with E-state index in [0.29, 0.717) is 0 Å². The predicted octanol–water partition coefficient (Wildman–Crippen LogP) is 2.57. The Kier molecular flexibility index (Phi) is 8.30. The third-order valence-corrected chi connectivity index (χ3v) is 5.93. The van der Waals surface area contributed by atoms with Crippen LogP contribution in [0, 0.1) is 0 Å². The molecule has 2 amide bonds. The summed E-state index contributed by atoms with van der Waals surface area (Å²) < 4.78 is 5.28. The molecule has 0 aliphatic carbocycles. The van der Waals surface area contributed by atoms with Gasteiger partial charge < -0.3 is 25.7 Å². The van der Waals surface area contributed by atoms with Gasteiger partial charge in [0.2, 0.25) is 11.8 Å². The highest BCUT2D eigenvalue weighted by Gasteiger charge is 2.35. The highest BCUT2D eigenvalue weighted by atomic mass is 16.5. The monoisotopic (exact) mass is 478 g/mol. The summed E-state index contributed by atoms with van der Waals surface area (Å²) in [5.74, 6) is -1.36. The Morgan fingerprint density at radius 3 is 2.37 bits per heavy atom. The SMILES string of the molecule is CCOC(=O)[C@H](Cc1ccccc1)N(C)C(=O)[C@@H](Cc1c[nH]c2ccccc12)NC(=O)C(C)(C)N. The van der Waals surface area contributed by atoms with Crippen LogP contribution in [0.3, 0.4) is 0 Å². The van der Waals surface area contributed by atoms with E-state index in [1.54, 1.807) is 27.8 Å². The van der Waals surface area contributed by atoms with Crippen LogP contribution >= 0.6 is 0 Å². The highest BCUT2D eigenvalue weighted by Crippen LogP contribution is 2.21. The number of H-pyrrole nitrogens is 1. The van der Waals surface area contributed by atoms with Gasteiger partial charge in [-0.3, -0.25) is 9.59 Å². The molecule has 0 spiro atoms. The summed E-state index contributed by atoms with van der Waals surface area (Å²) in [6, 6.07) is 15.4. The molecule has 3 rings (SSSR count). The number of hydrogen-bond donors (Lipinski definition) is 3. The van der Waals surface area contributed by atoms with E-state index in [-0.39, 0.29) is 19.4 Å². The first-order valence-electron chi connectivity index (χ1n) is 11.7. The van der Waals surface area contributed by atoms with Crippen molar-refractivity contribution < 1.29 is 19.1 Å². The van der Waals surface area contributed by atoms with Gasteiger partial charge in [-0.2, -0.15) is 0 Å². The third-order valence-electron chi connectivity index (χ3n) is 5.93. The highest BCUT2D eigenvalue weighted by molar-refractivity contribution is 5.94. The molecule has 1 heterocycles. The van der Waals surface area contributed by atoms with Crippen molar-refractivity contribution in [1.82, 2.24) is 15.2 Å². The maximum Gasteiger partial charge on any atom is 0.329 e. The molecule has 0 saturated heterocycles. The summed E-state index contributed by atoms with van der Waals surface area (Å²) in [6.45, 7) is 5.08.